The fourth-order valence-electron chi connectivity index (χ4n) is 3.15. The van der Waals surface area contributed by atoms with Crippen LogP contribution in [-0.2, 0) is 21.1 Å². The SMILES string of the molecule is NC(=O)Cc1csc(NC(=O)c2cc(-c3ccco3)n(C3CCS(=O)(=O)C3)n2)n1. The molecule has 1 aliphatic heterocycles. The first-order chi connectivity index (χ1) is 13.8. The van der Waals surface area contributed by atoms with Gasteiger partial charge < -0.3 is 10.2 Å². The average Bonchev–Trinajstić information content (AvgIpc) is 3.39. The summed E-state index contributed by atoms with van der Waals surface area (Å²) < 4.78 is 30.7. The van der Waals surface area contributed by atoms with Gasteiger partial charge in [0.15, 0.2) is 26.4 Å². The quantitative estimate of drug-likeness (QED) is 0.591. The van der Waals surface area contributed by atoms with E-state index in [0.717, 1.165) is 0 Å². The van der Waals surface area contributed by atoms with Gasteiger partial charge in [-0.3, -0.25) is 19.6 Å². The average molecular weight is 435 g/mol. The molecule has 1 unspecified atom stereocenters. The van der Waals surface area contributed by atoms with Gasteiger partial charge in [-0.05, 0) is 18.6 Å². The molecule has 0 radical (unpaired) electrons. The van der Waals surface area contributed by atoms with Gasteiger partial charge in [-0.2, -0.15) is 5.10 Å². The number of carbonyl (C=O) groups is 2. The van der Waals surface area contributed by atoms with Crippen LogP contribution in [0.3, 0.4) is 0 Å². The highest BCUT2D eigenvalue weighted by Crippen LogP contribution is 2.30. The Morgan fingerprint density at radius 1 is 1.41 bits per heavy atom. The lowest BCUT2D eigenvalue weighted by molar-refractivity contribution is -0.117. The van der Waals surface area contributed by atoms with Gasteiger partial charge in [-0.25, -0.2) is 13.4 Å². The molecule has 0 saturated carbocycles. The zero-order valence-electron chi connectivity index (χ0n) is 15.1. The van der Waals surface area contributed by atoms with E-state index < -0.39 is 21.7 Å². The Morgan fingerprint density at radius 3 is 2.90 bits per heavy atom. The van der Waals surface area contributed by atoms with Crippen LogP contribution in [0.25, 0.3) is 11.5 Å². The summed E-state index contributed by atoms with van der Waals surface area (Å²) in [5.74, 6) is -0.483. The van der Waals surface area contributed by atoms with E-state index in [2.05, 4.69) is 15.4 Å². The monoisotopic (exact) mass is 435 g/mol. The van der Waals surface area contributed by atoms with Crippen LogP contribution in [-0.4, -0.2) is 46.5 Å². The van der Waals surface area contributed by atoms with Crippen molar-refractivity contribution in [2.24, 2.45) is 5.73 Å². The Hall–Kier alpha value is -2.99. The number of furan rings is 1. The molecule has 3 aromatic heterocycles. The summed E-state index contributed by atoms with van der Waals surface area (Å²) in [5, 5.41) is 8.93. The first-order valence-corrected chi connectivity index (χ1v) is 11.4. The normalized spacial score (nSPS) is 18.0. The Bertz CT molecular complexity index is 1160. The second-order valence-electron chi connectivity index (χ2n) is 6.63. The van der Waals surface area contributed by atoms with Crippen molar-refractivity contribution in [1.29, 1.82) is 0 Å². The first-order valence-electron chi connectivity index (χ1n) is 8.68. The number of hydrogen-bond donors (Lipinski definition) is 2. The van der Waals surface area contributed by atoms with E-state index in [1.807, 2.05) is 0 Å². The van der Waals surface area contributed by atoms with Crippen molar-refractivity contribution in [3.05, 3.63) is 41.2 Å². The van der Waals surface area contributed by atoms with Crippen molar-refractivity contribution in [2.45, 2.75) is 18.9 Å². The van der Waals surface area contributed by atoms with E-state index in [9.17, 15) is 18.0 Å². The Balaban J connectivity index is 1.60. The number of primary amides is 1. The lowest BCUT2D eigenvalue weighted by atomic mass is 10.2. The first kappa shape index (κ1) is 19.3. The highest BCUT2D eigenvalue weighted by Gasteiger charge is 2.32. The van der Waals surface area contributed by atoms with Gasteiger partial charge in [0.1, 0.15) is 5.69 Å². The van der Waals surface area contributed by atoms with Crippen molar-refractivity contribution in [3.63, 3.8) is 0 Å². The molecule has 2 amide bonds. The molecule has 12 heteroatoms. The number of rotatable bonds is 6. The van der Waals surface area contributed by atoms with E-state index in [-0.39, 0.29) is 29.7 Å². The third kappa shape index (κ3) is 4.22. The maximum Gasteiger partial charge on any atom is 0.277 e. The van der Waals surface area contributed by atoms with Gasteiger partial charge in [-0.15, -0.1) is 11.3 Å². The predicted molar refractivity (Wildman–Crippen MR) is 105 cm³/mol. The van der Waals surface area contributed by atoms with Crippen molar-refractivity contribution in [3.8, 4) is 11.5 Å². The molecule has 10 nitrogen and oxygen atoms in total. The summed E-state index contributed by atoms with van der Waals surface area (Å²) in [7, 11) is -3.13. The van der Waals surface area contributed by atoms with E-state index in [1.165, 1.54) is 17.6 Å². The fourth-order valence-corrected chi connectivity index (χ4v) is 5.54. The van der Waals surface area contributed by atoms with E-state index in [1.54, 1.807) is 28.3 Å². The predicted octanol–water partition coefficient (Wildman–Crippen LogP) is 1.24. The smallest absolute Gasteiger partial charge is 0.277 e. The molecular weight excluding hydrogens is 418 g/mol. The molecule has 4 heterocycles. The summed E-state index contributed by atoms with van der Waals surface area (Å²) in [5.41, 5.74) is 6.24. The van der Waals surface area contributed by atoms with Crippen molar-refractivity contribution in [1.82, 2.24) is 14.8 Å². The number of nitrogens with two attached hydrogens (primary N) is 1. The second-order valence-corrected chi connectivity index (χ2v) is 9.72. The number of sulfone groups is 1. The highest BCUT2D eigenvalue weighted by molar-refractivity contribution is 7.91. The minimum Gasteiger partial charge on any atom is -0.463 e. The van der Waals surface area contributed by atoms with Gasteiger partial charge in [-0.1, -0.05) is 0 Å². The highest BCUT2D eigenvalue weighted by atomic mass is 32.2. The number of anilines is 1. The molecule has 152 valence electrons. The molecular formula is C17H17N5O5S2. The third-order valence-corrected chi connectivity index (χ3v) is 6.98. The van der Waals surface area contributed by atoms with E-state index in [4.69, 9.17) is 10.2 Å². The molecule has 3 N–H and O–H groups in total. The van der Waals surface area contributed by atoms with Gasteiger partial charge in [0.25, 0.3) is 5.91 Å². The van der Waals surface area contributed by atoms with Crippen LogP contribution in [0.5, 0.6) is 0 Å². The van der Waals surface area contributed by atoms with E-state index in [0.29, 0.717) is 28.7 Å². The number of hydrogen-bond acceptors (Lipinski definition) is 8. The maximum atomic E-state index is 12.7. The van der Waals surface area contributed by atoms with Crippen LogP contribution in [0.2, 0.25) is 0 Å². The van der Waals surface area contributed by atoms with Gasteiger partial charge in [0, 0.05) is 11.4 Å². The third-order valence-electron chi connectivity index (χ3n) is 4.42. The van der Waals surface area contributed by atoms with Crippen LogP contribution >= 0.6 is 11.3 Å². The minimum absolute atomic E-state index is 0.0141. The minimum atomic E-state index is -3.13. The molecule has 1 fully saturated rings. The number of thiazole rings is 1. The van der Waals surface area contributed by atoms with Crippen molar-refractivity contribution in [2.75, 3.05) is 16.8 Å². The summed E-state index contributed by atoms with van der Waals surface area (Å²) >= 11 is 1.17. The zero-order valence-corrected chi connectivity index (χ0v) is 16.7. The maximum absolute atomic E-state index is 12.7. The molecule has 3 aromatic rings. The molecule has 1 saturated heterocycles. The summed E-state index contributed by atoms with van der Waals surface area (Å²) in [6.45, 7) is 0. The summed E-state index contributed by atoms with van der Waals surface area (Å²) in [6, 6.07) is 4.60. The van der Waals surface area contributed by atoms with Gasteiger partial charge in [0.05, 0.1) is 35.9 Å². The largest absolute Gasteiger partial charge is 0.463 e. The number of aromatic nitrogens is 3. The van der Waals surface area contributed by atoms with Crippen LogP contribution in [0.1, 0.15) is 28.6 Å². The molecule has 0 spiro atoms. The lowest BCUT2D eigenvalue weighted by Crippen LogP contribution is -2.17. The van der Waals surface area contributed by atoms with Crippen LogP contribution in [0.4, 0.5) is 5.13 Å². The molecule has 1 aliphatic rings. The topological polar surface area (TPSA) is 150 Å². The second kappa shape index (κ2) is 7.44. The summed E-state index contributed by atoms with van der Waals surface area (Å²) in [6.07, 6.45) is 1.90. The number of nitrogens with zero attached hydrogens (tertiary/aromatic N) is 3. The Labute approximate surface area is 169 Å². The Morgan fingerprint density at radius 2 is 2.24 bits per heavy atom. The standard InChI is InChI=1S/C17H17N5O5S2/c18-15(23)6-10-8-28-17(19-10)20-16(24)12-7-13(14-2-1-4-27-14)22(21-12)11-3-5-29(25,26)9-11/h1-2,4,7-8,11H,3,5-6,9H2,(H2,18,23)(H,19,20,24). The molecule has 0 aliphatic carbocycles. The lowest BCUT2D eigenvalue weighted by Gasteiger charge is -2.11. The number of nitrogens with one attached hydrogen (secondary N) is 1. The van der Waals surface area contributed by atoms with Crippen LogP contribution < -0.4 is 11.1 Å². The van der Waals surface area contributed by atoms with Crippen molar-refractivity contribution >= 4 is 38.1 Å². The van der Waals surface area contributed by atoms with Crippen molar-refractivity contribution < 1.29 is 22.4 Å². The van der Waals surface area contributed by atoms with Gasteiger partial charge >= 0.3 is 0 Å². The number of amides is 2. The molecule has 1 atom stereocenters. The van der Waals surface area contributed by atoms with E-state index >= 15 is 0 Å². The zero-order chi connectivity index (χ0) is 20.6. The molecule has 4 rings (SSSR count). The molecule has 0 aromatic carbocycles. The molecule has 29 heavy (non-hydrogen) atoms. The fraction of sp³-hybridized carbons (Fsp3) is 0.294. The van der Waals surface area contributed by atoms with Gasteiger partial charge in [0.2, 0.25) is 5.91 Å². The summed E-state index contributed by atoms with van der Waals surface area (Å²) in [4.78, 5) is 27.8. The number of carbonyl (C=O) groups excluding carboxylic acids is 2. The van der Waals surface area contributed by atoms with Crippen LogP contribution in [0, 0.1) is 0 Å². The molecule has 0 bridgehead atoms. The van der Waals surface area contributed by atoms with Crippen LogP contribution in [0.15, 0.2) is 34.3 Å². The Kier molecular flexibility index (Phi) is 4.96.